The molecule has 0 fully saturated rings. The fourth-order valence-corrected chi connectivity index (χ4v) is 4.11. The third kappa shape index (κ3) is 4.50. The van der Waals surface area contributed by atoms with Crippen molar-refractivity contribution in [3.8, 4) is 0 Å². The predicted octanol–water partition coefficient (Wildman–Crippen LogP) is 5.08. The molecule has 0 heterocycles. The molecule has 3 rings (SSSR count). The first kappa shape index (κ1) is 19.9. The minimum atomic E-state index is -4.07. The first-order valence-electron chi connectivity index (χ1n) is 8.52. The van der Waals surface area contributed by atoms with E-state index in [0.717, 1.165) is 15.4 Å². The molecule has 3 aromatic rings. The van der Waals surface area contributed by atoms with E-state index in [9.17, 15) is 13.2 Å². The van der Waals surface area contributed by atoms with Gasteiger partial charge in [0.2, 0.25) is 0 Å². The first-order valence-corrected chi connectivity index (χ1v) is 10.3. The maximum atomic E-state index is 13.2. The molecule has 0 aliphatic rings. The third-order valence-corrected chi connectivity index (χ3v) is 6.03. The van der Waals surface area contributed by atoms with E-state index in [2.05, 4.69) is 0 Å². The van der Waals surface area contributed by atoms with E-state index < -0.39 is 15.9 Å². The van der Waals surface area contributed by atoms with Crippen LogP contribution in [0.4, 0.5) is 5.69 Å². The molecule has 0 radical (unpaired) electrons. The van der Waals surface area contributed by atoms with E-state index >= 15 is 0 Å². The number of hydrogen-bond acceptors (Lipinski definition) is 3. The summed E-state index contributed by atoms with van der Waals surface area (Å²) in [6.45, 7) is 1.89. The Morgan fingerprint density at radius 1 is 0.893 bits per heavy atom. The minimum absolute atomic E-state index is 0.0452. The Kier molecular flexibility index (Phi) is 5.97. The molecule has 4 nitrogen and oxygen atoms in total. The van der Waals surface area contributed by atoms with Gasteiger partial charge in [-0.05, 0) is 55.0 Å². The van der Waals surface area contributed by atoms with Crippen molar-refractivity contribution in [2.75, 3.05) is 4.31 Å². The maximum Gasteiger partial charge on any atom is 0.271 e. The molecular formula is C22H18ClNO3S. The summed E-state index contributed by atoms with van der Waals surface area (Å²) < 4.78 is 27.2. The number of aryl methyl sites for hydroxylation is 1. The monoisotopic (exact) mass is 411 g/mol. The number of benzene rings is 3. The molecule has 0 aliphatic carbocycles. The summed E-state index contributed by atoms with van der Waals surface area (Å²) >= 11 is 5.87. The van der Waals surface area contributed by atoms with Crippen molar-refractivity contribution in [2.45, 2.75) is 11.8 Å². The molecule has 0 N–H and O–H groups in total. The molecule has 142 valence electrons. The molecule has 0 saturated heterocycles. The number of nitrogens with zero attached hydrogens (tertiary/aromatic N) is 1. The summed E-state index contributed by atoms with van der Waals surface area (Å²) in [6, 6.07) is 21.5. The van der Waals surface area contributed by atoms with Crippen molar-refractivity contribution >= 4 is 39.3 Å². The predicted molar refractivity (Wildman–Crippen MR) is 113 cm³/mol. The molecule has 0 aromatic heterocycles. The van der Waals surface area contributed by atoms with Crippen molar-refractivity contribution in [3.05, 3.63) is 101 Å². The lowest BCUT2D eigenvalue weighted by Gasteiger charge is -2.21. The van der Waals surface area contributed by atoms with Gasteiger partial charge in [-0.3, -0.25) is 4.79 Å². The Morgan fingerprint density at radius 2 is 1.50 bits per heavy atom. The molecule has 3 aromatic carbocycles. The highest BCUT2D eigenvalue weighted by Gasteiger charge is 2.29. The Hall–Kier alpha value is -2.89. The summed E-state index contributed by atoms with van der Waals surface area (Å²) in [5.41, 5.74) is 1.98. The van der Waals surface area contributed by atoms with E-state index in [1.54, 1.807) is 72.8 Å². The van der Waals surface area contributed by atoms with Crippen LogP contribution in [0.1, 0.15) is 11.1 Å². The topological polar surface area (TPSA) is 54.5 Å². The van der Waals surface area contributed by atoms with E-state index in [0.29, 0.717) is 5.02 Å². The lowest BCUT2D eigenvalue weighted by atomic mass is 10.2. The summed E-state index contributed by atoms with van der Waals surface area (Å²) in [6.07, 6.45) is 2.80. The van der Waals surface area contributed by atoms with Crippen LogP contribution in [0.2, 0.25) is 5.02 Å². The molecule has 6 heteroatoms. The standard InChI is InChI=1S/C22H18ClNO3S/c1-17-7-14-20(15-8-17)24(28(26,27)21-5-3-2-4-6-21)22(25)16-11-18-9-12-19(23)13-10-18/h2-16H,1H3/b16-11+. The summed E-state index contributed by atoms with van der Waals surface area (Å²) in [5, 5.41) is 0.580. The molecule has 0 unspecified atom stereocenters. The number of halogens is 1. The third-order valence-electron chi connectivity index (χ3n) is 4.04. The number of carbonyl (C=O) groups excluding carboxylic acids is 1. The molecule has 0 spiro atoms. The van der Waals surface area contributed by atoms with Gasteiger partial charge in [-0.1, -0.05) is 59.6 Å². The maximum absolute atomic E-state index is 13.2. The normalized spacial score (nSPS) is 11.5. The van der Waals surface area contributed by atoms with Gasteiger partial charge < -0.3 is 0 Å². The van der Waals surface area contributed by atoms with Gasteiger partial charge in [0.1, 0.15) is 0 Å². The van der Waals surface area contributed by atoms with Crippen LogP contribution in [0.25, 0.3) is 6.08 Å². The van der Waals surface area contributed by atoms with Crippen molar-refractivity contribution < 1.29 is 13.2 Å². The Balaban J connectivity index is 2.02. The second-order valence-corrected chi connectivity index (χ2v) is 8.36. The Labute approximate surface area is 169 Å². The zero-order chi connectivity index (χ0) is 20.1. The number of carbonyl (C=O) groups is 1. The van der Waals surface area contributed by atoms with Crippen LogP contribution in [0.15, 0.2) is 89.8 Å². The molecule has 1 amide bonds. The molecule has 28 heavy (non-hydrogen) atoms. The minimum Gasteiger partial charge on any atom is -0.268 e. The van der Waals surface area contributed by atoms with Crippen molar-refractivity contribution in [2.24, 2.45) is 0 Å². The number of hydrogen-bond donors (Lipinski definition) is 0. The van der Waals surface area contributed by atoms with Crippen LogP contribution >= 0.6 is 11.6 Å². The zero-order valence-electron chi connectivity index (χ0n) is 15.1. The van der Waals surface area contributed by atoms with Crippen molar-refractivity contribution in [1.29, 1.82) is 0 Å². The number of rotatable bonds is 5. The van der Waals surface area contributed by atoms with Gasteiger partial charge in [0.25, 0.3) is 15.9 Å². The van der Waals surface area contributed by atoms with Crippen LogP contribution < -0.4 is 4.31 Å². The molecule has 0 saturated carbocycles. The zero-order valence-corrected chi connectivity index (χ0v) is 16.7. The van der Waals surface area contributed by atoms with Gasteiger partial charge in [-0.2, -0.15) is 4.31 Å². The van der Waals surface area contributed by atoms with Gasteiger partial charge in [-0.15, -0.1) is 0 Å². The largest absolute Gasteiger partial charge is 0.271 e. The fraction of sp³-hybridized carbons (Fsp3) is 0.0455. The van der Waals surface area contributed by atoms with Crippen LogP contribution in [0.3, 0.4) is 0 Å². The SMILES string of the molecule is Cc1ccc(N(C(=O)/C=C/c2ccc(Cl)cc2)S(=O)(=O)c2ccccc2)cc1. The van der Waals surface area contributed by atoms with Crippen LogP contribution in [0.5, 0.6) is 0 Å². The number of amides is 1. The highest BCUT2D eigenvalue weighted by molar-refractivity contribution is 7.93. The van der Waals surface area contributed by atoms with Gasteiger partial charge in [0.05, 0.1) is 10.6 Å². The summed E-state index contributed by atoms with van der Waals surface area (Å²) in [5.74, 6) is -0.664. The molecular weight excluding hydrogens is 394 g/mol. The van der Waals surface area contributed by atoms with Gasteiger partial charge in [0.15, 0.2) is 0 Å². The van der Waals surface area contributed by atoms with Crippen molar-refractivity contribution in [1.82, 2.24) is 0 Å². The second-order valence-electron chi connectivity index (χ2n) is 6.14. The average molecular weight is 412 g/mol. The van der Waals surface area contributed by atoms with E-state index in [1.807, 2.05) is 6.92 Å². The van der Waals surface area contributed by atoms with Gasteiger partial charge in [-0.25, -0.2) is 8.42 Å². The molecule has 0 atom stereocenters. The molecule has 0 bridgehead atoms. The lowest BCUT2D eigenvalue weighted by molar-refractivity contribution is -0.113. The lowest BCUT2D eigenvalue weighted by Crippen LogP contribution is -2.35. The number of anilines is 1. The second kappa shape index (κ2) is 8.42. The fourth-order valence-electron chi connectivity index (χ4n) is 2.57. The smallest absolute Gasteiger partial charge is 0.268 e. The van der Waals surface area contributed by atoms with Crippen LogP contribution in [0, 0.1) is 6.92 Å². The van der Waals surface area contributed by atoms with Crippen molar-refractivity contribution in [3.63, 3.8) is 0 Å². The van der Waals surface area contributed by atoms with Gasteiger partial charge in [0, 0.05) is 11.1 Å². The van der Waals surface area contributed by atoms with E-state index in [-0.39, 0.29) is 10.6 Å². The highest BCUT2D eigenvalue weighted by atomic mass is 35.5. The highest BCUT2D eigenvalue weighted by Crippen LogP contribution is 2.25. The van der Waals surface area contributed by atoms with Crippen LogP contribution in [-0.4, -0.2) is 14.3 Å². The first-order chi connectivity index (χ1) is 13.4. The Morgan fingerprint density at radius 3 is 2.11 bits per heavy atom. The summed E-state index contributed by atoms with van der Waals surface area (Å²) in [7, 11) is -4.07. The van der Waals surface area contributed by atoms with E-state index in [1.165, 1.54) is 18.2 Å². The average Bonchev–Trinajstić information content (AvgIpc) is 2.70. The quantitative estimate of drug-likeness (QED) is 0.550. The summed E-state index contributed by atoms with van der Waals surface area (Å²) in [4.78, 5) is 13.0. The molecule has 0 aliphatic heterocycles. The Bertz CT molecular complexity index is 1090. The number of sulfonamides is 1. The van der Waals surface area contributed by atoms with Gasteiger partial charge >= 0.3 is 0 Å². The van der Waals surface area contributed by atoms with Crippen LogP contribution in [-0.2, 0) is 14.8 Å². The van der Waals surface area contributed by atoms with E-state index in [4.69, 9.17) is 11.6 Å².